The van der Waals surface area contributed by atoms with Gasteiger partial charge in [-0.1, -0.05) is 30.3 Å². The summed E-state index contributed by atoms with van der Waals surface area (Å²) >= 11 is 0. The summed E-state index contributed by atoms with van der Waals surface area (Å²) in [4.78, 5) is 37.6. The number of hydrogen-bond donors (Lipinski definition) is 1. The molecule has 1 heterocycles. The summed E-state index contributed by atoms with van der Waals surface area (Å²) in [5.74, 6) is -0.712. The summed E-state index contributed by atoms with van der Waals surface area (Å²) in [6, 6.07) is 14.5. The number of imide groups is 2. The largest absolute Gasteiger partial charge is 0.497 e. The SMILES string of the molecule is COc1ccc(/C=C2\C(=O)NC(=O)N(c3ccccc3)C2=O)cc1. The fourth-order valence-corrected chi connectivity index (χ4v) is 2.34. The molecule has 0 spiro atoms. The van der Waals surface area contributed by atoms with Gasteiger partial charge in [-0.2, -0.15) is 0 Å². The molecule has 0 unspecified atom stereocenters. The Kier molecular flexibility index (Phi) is 4.11. The van der Waals surface area contributed by atoms with E-state index in [0.29, 0.717) is 17.0 Å². The van der Waals surface area contributed by atoms with Gasteiger partial charge in [0.1, 0.15) is 11.3 Å². The number of urea groups is 1. The average molecular weight is 322 g/mol. The number of carbonyl (C=O) groups excluding carboxylic acids is 3. The smallest absolute Gasteiger partial charge is 0.335 e. The number of para-hydroxylation sites is 1. The fraction of sp³-hybridized carbons (Fsp3) is 0.0556. The van der Waals surface area contributed by atoms with Crippen molar-refractivity contribution in [3.8, 4) is 5.75 Å². The number of anilines is 1. The number of amides is 4. The van der Waals surface area contributed by atoms with Crippen LogP contribution in [0.4, 0.5) is 10.5 Å². The third-order valence-electron chi connectivity index (χ3n) is 3.54. The highest BCUT2D eigenvalue weighted by atomic mass is 16.5. The molecule has 0 radical (unpaired) electrons. The maximum atomic E-state index is 12.6. The second-order valence-electron chi connectivity index (χ2n) is 5.07. The highest BCUT2D eigenvalue weighted by Crippen LogP contribution is 2.22. The van der Waals surface area contributed by atoms with Crippen molar-refractivity contribution in [1.82, 2.24) is 5.32 Å². The van der Waals surface area contributed by atoms with Crippen LogP contribution in [0.2, 0.25) is 0 Å². The predicted octanol–water partition coefficient (Wildman–Crippen LogP) is 2.36. The Labute approximate surface area is 138 Å². The van der Waals surface area contributed by atoms with Crippen LogP contribution in [0.1, 0.15) is 5.56 Å². The van der Waals surface area contributed by atoms with Crippen LogP contribution in [0.3, 0.4) is 0 Å². The zero-order valence-electron chi connectivity index (χ0n) is 12.9. The van der Waals surface area contributed by atoms with Crippen molar-refractivity contribution in [3.05, 3.63) is 65.7 Å². The molecule has 0 bridgehead atoms. The lowest BCUT2D eigenvalue weighted by Crippen LogP contribution is -2.54. The predicted molar refractivity (Wildman–Crippen MR) is 88.4 cm³/mol. The van der Waals surface area contributed by atoms with Crippen LogP contribution in [0.15, 0.2) is 60.2 Å². The Morgan fingerprint density at radius 3 is 2.25 bits per heavy atom. The number of nitrogens with zero attached hydrogens (tertiary/aromatic N) is 1. The minimum atomic E-state index is -0.761. The van der Waals surface area contributed by atoms with Gasteiger partial charge < -0.3 is 4.74 Å². The van der Waals surface area contributed by atoms with E-state index < -0.39 is 17.8 Å². The molecule has 24 heavy (non-hydrogen) atoms. The van der Waals surface area contributed by atoms with E-state index in [1.807, 2.05) is 0 Å². The molecular weight excluding hydrogens is 308 g/mol. The van der Waals surface area contributed by atoms with Crippen molar-refractivity contribution in [3.63, 3.8) is 0 Å². The summed E-state index contributed by atoms with van der Waals surface area (Å²) in [5.41, 5.74) is 0.938. The van der Waals surface area contributed by atoms with Crippen LogP contribution in [0.5, 0.6) is 5.75 Å². The topological polar surface area (TPSA) is 75.7 Å². The summed E-state index contributed by atoms with van der Waals surface area (Å²) < 4.78 is 5.07. The third-order valence-corrected chi connectivity index (χ3v) is 3.54. The Morgan fingerprint density at radius 1 is 0.958 bits per heavy atom. The van der Waals surface area contributed by atoms with Crippen LogP contribution in [-0.2, 0) is 9.59 Å². The molecule has 0 saturated carbocycles. The maximum absolute atomic E-state index is 12.6. The number of barbiturate groups is 1. The molecule has 1 fully saturated rings. The fourth-order valence-electron chi connectivity index (χ4n) is 2.34. The van der Waals surface area contributed by atoms with Crippen molar-refractivity contribution in [1.29, 1.82) is 0 Å². The maximum Gasteiger partial charge on any atom is 0.335 e. The van der Waals surface area contributed by atoms with Gasteiger partial charge in [0, 0.05) is 0 Å². The minimum Gasteiger partial charge on any atom is -0.497 e. The van der Waals surface area contributed by atoms with Crippen molar-refractivity contribution < 1.29 is 19.1 Å². The lowest BCUT2D eigenvalue weighted by atomic mass is 10.1. The van der Waals surface area contributed by atoms with Gasteiger partial charge in [0.2, 0.25) is 0 Å². The van der Waals surface area contributed by atoms with Crippen molar-refractivity contribution in [2.45, 2.75) is 0 Å². The highest BCUT2D eigenvalue weighted by molar-refractivity contribution is 6.39. The quantitative estimate of drug-likeness (QED) is 0.695. The van der Waals surface area contributed by atoms with E-state index >= 15 is 0 Å². The van der Waals surface area contributed by atoms with Crippen molar-refractivity contribution in [2.75, 3.05) is 12.0 Å². The third kappa shape index (κ3) is 2.89. The summed E-state index contributed by atoms with van der Waals surface area (Å²) in [6.45, 7) is 0. The normalized spacial score (nSPS) is 16.3. The lowest BCUT2D eigenvalue weighted by molar-refractivity contribution is -0.122. The Balaban J connectivity index is 1.97. The molecule has 120 valence electrons. The van der Waals surface area contributed by atoms with Crippen LogP contribution >= 0.6 is 0 Å². The number of nitrogens with one attached hydrogen (secondary N) is 1. The molecular formula is C18H14N2O4. The zero-order valence-corrected chi connectivity index (χ0v) is 12.9. The molecule has 3 rings (SSSR count). The van der Waals surface area contributed by atoms with Gasteiger partial charge in [-0.25, -0.2) is 9.69 Å². The first-order chi connectivity index (χ1) is 11.6. The van der Waals surface area contributed by atoms with E-state index in [-0.39, 0.29) is 5.57 Å². The highest BCUT2D eigenvalue weighted by Gasteiger charge is 2.36. The molecule has 2 aromatic carbocycles. The first-order valence-corrected chi connectivity index (χ1v) is 7.20. The molecule has 0 atom stereocenters. The van der Waals surface area contributed by atoms with E-state index in [0.717, 1.165) is 4.90 Å². The summed E-state index contributed by atoms with van der Waals surface area (Å²) in [7, 11) is 1.55. The monoisotopic (exact) mass is 322 g/mol. The van der Waals surface area contributed by atoms with Crippen molar-refractivity contribution >= 4 is 29.6 Å². The Hall–Kier alpha value is -3.41. The number of hydrogen-bond acceptors (Lipinski definition) is 4. The van der Waals surface area contributed by atoms with Gasteiger partial charge in [0.05, 0.1) is 12.8 Å². The second-order valence-corrected chi connectivity index (χ2v) is 5.07. The molecule has 2 aromatic rings. The average Bonchev–Trinajstić information content (AvgIpc) is 2.60. The molecule has 1 aliphatic heterocycles. The molecule has 4 amide bonds. The van der Waals surface area contributed by atoms with E-state index in [1.54, 1.807) is 61.7 Å². The van der Waals surface area contributed by atoms with E-state index in [2.05, 4.69) is 5.32 Å². The summed E-state index contributed by atoms with van der Waals surface area (Å²) in [5, 5.41) is 2.19. The molecule has 1 aliphatic rings. The lowest BCUT2D eigenvalue weighted by Gasteiger charge is -2.26. The van der Waals surface area contributed by atoms with Gasteiger partial charge in [-0.3, -0.25) is 14.9 Å². The van der Waals surface area contributed by atoms with Gasteiger partial charge in [-0.05, 0) is 35.9 Å². The number of carbonyl (C=O) groups is 3. The standard InChI is InChI=1S/C18H14N2O4/c1-24-14-9-7-12(8-10-14)11-15-16(21)19-18(23)20(17(15)22)13-5-3-2-4-6-13/h2-11H,1H3,(H,19,21,23)/b15-11+. The van der Waals surface area contributed by atoms with Gasteiger partial charge in [-0.15, -0.1) is 0 Å². The number of rotatable bonds is 3. The number of ether oxygens (including phenoxy) is 1. The van der Waals surface area contributed by atoms with E-state index in [1.165, 1.54) is 6.08 Å². The Bertz CT molecular complexity index is 826. The molecule has 6 nitrogen and oxygen atoms in total. The van der Waals surface area contributed by atoms with Crippen LogP contribution in [0, 0.1) is 0 Å². The summed E-state index contributed by atoms with van der Waals surface area (Å²) in [6.07, 6.45) is 1.44. The molecule has 6 heteroatoms. The number of methoxy groups -OCH3 is 1. The van der Waals surface area contributed by atoms with E-state index in [4.69, 9.17) is 4.74 Å². The van der Waals surface area contributed by atoms with E-state index in [9.17, 15) is 14.4 Å². The van der Waals surface area contributed by atoms with Gasteiger partial charge in [0.15, 0.2) is 0 Å². The molecule has 0 aliphatic carbocycles. The van der Waals surface area contributed by atoms with Gasteiger partial charge >= 0.3 is 6.03 Å². The molecule has 0 aromatic heterocycles. The van der Waals surface area contributed by atoms with Crippen LogP contribution in [-0.4, -0.2) is 25.0 Å². The zero-order chi connectivity index (χ0) is 17.1. The van der Waals surface area contributed by atoms with Crippen molar-refractivity contribution in [2.24, 2.45) is 0 Å². The first kappa shape index (κ1) is 15.5. The molecule has 1 saturated heterocycles. The Morgan fingerprint density at radius 2 is 1.62 bits per heavy atom. The minimum absolute atomic E-state index is 0.108. The first-order valence-electron chi connectivity index (χ1n) is 7.20. The van der Waals surface area contributed by atoms with Crippen LogP contribution in [0.25, 0.3) is 6.08 Å². The van der Waals surface area contributed by atoms with Crippen LogP contribution < -0.4 is 15.0 Å². The number of benzene rings is 2. The van der Waals surface area contributed by atoms with Gasteiger partial charge in [0.25, 0.3) is 11.8 Å². The second kappa shape index (κ2) is 6.37. The molecule has 1 N–H and O–H groups in total.